The van der Waals surface area contributed by atoms with Crippen molar-refractivity contribution in [1.29, 1.82) is 0 Å². The molecule has 0 radical (unpaired) electrons. The second-order valence-electron chi connectivity index (χ2n) is 6.99. The first kappa shape index (κ1) is 21.3. The zero-order chi connectivity index (χ0) is 22.0. The zero-order valence-electron chi connectivity index (χ0n) is 17.1. The summed E-state index contributed by atoms with van der Waals surface area (Å²) in [7, 11) is 3.10. The third kappa shape index (κ3) is 4.40. The maximum atomic E-state index is 12.9. The highest BCUT2D eigenvalue weighted by Gasteiger charge is 2.19. The minimum absolute atomic E-state index is 0.369. The molecule has 0 saturated carbocycles. The number of para-hydroxylation sites is 1. The van der Waals surface area contributed by atoms with E-state index in [-0.39, 0.29) is 5.56 Å². The van der Waals surface area contributed by atoms with E-state index < -0.39 is 5.69 Å². The zero-order valence-corrected chi connectivity index (χ0v) is 18.7. The van der Waals surface area contributed by atoms with E-state index in [2.05, 4.69) is 4.98 Å². The Morgan fingerprint density at radius 2 is 1.71 bits per heavy atom. The quantitative estimate of drug-likeness (QED) is 0.315. The Kier molecular flexibility index (Phi) is 6.20. The monoisotopic (exact) mass is 456 g/mol. The molecular weight excluding hydrogens is 436 g/mol. The van der Waals surface area contributed by atoms with Gasteiger partial charge in [-0.25, -0.2) is 9.78 Å². The lowest BCUT2D eigenvalue weighted by Crippen LogP contribution is -2.37. The minimum atomic E-state index is -0.405. The van der Waals surface area contributed by atoms with Gasteiger partial charge in [0.05, 0.1) is 13.2 Å². The van der Waals surface area contributed by atoms with Crippen LogP contribution in [0.1, 0.15) is 5.56 Å². The van der Waals surface area contributed by atoms with E-state index in [1.807, 2.05) is 59.2 Å². The van der Waals surface area contributed by atoms with E-state index in [4.69, 9.17) is 16.3 Å². The van der Waals surface area contributed by atoms with Gasteiger partial charge in [0.2, 0.25) is 0 Å². The fourth-order valence-electron chi connectivity index (χ4n) is 3.26. The normalized spacial score (nSPS) is 11.2. The molecule has 0 atom stereocenters. The van der Waals surface area contributed by atoms with Gasteiger partial charge in [-0.2, -0.15) is 0 Å². The van der Waals surface area contributed by atoms with Crippen molar-refractivity contribution in [3.63, 3.8) is 0 Å². The Bertz CT molecular complexity index is 1330. The molecule has 160 valence electrons. The summed E-state index contributed by atoms with van der Waals surface area (Å²) in [5, 5.41) is 1.30. The molecule has 0 aliphatic carbocycles. The van der Waals surface area contributed by atoms with Crippen molar-refractivity contribution in [1.82, 2.24) is 18.7 Å². The first-order chi connectivity index (χ1) is 15.0. The molecule has 0 aliphatic heterocycles. The second-order valence-corrected chi connectivity index (χ2v) is 8.49. The highest BCUT2D eigenvalue weighted by Crippen LogP contribution is 2.23. The third-order valence-corrected chi connectivity index (χ3v) is 6.09. The van der Waals surface area contributed by atoms with Crippen LogP contribution in [0.4, 0.5) is 0 Å². The minimum Gasteiger partial charge on any atom is -0.493 e. The van der Waals surface area contributed by atoms with Crippen LogP contribution in [0.15, 0.2) is 69.3 Å². The van der Waals surface area contributed by atoms with Crippen LogP contribution in [0, 0.1) is 0 Å². The summed E-state index contributed by atoms with van der Waals surface area (Å²) < 4.78 is 10.1. The number of benzene rings is 2. The Morgan fingerprint density at radius 3 is 2.42 bits per heavy atom. The van der Waals surface area contributed by atoms with Crippen LogP contribution in [-0.2, 0) is 20.6 Å². The average Bonchev–Trinajstić information content (AvgIpc) is 3.14. The number of imidazole rings is 1. The van der Waals surface area contributed by atoms with E-state index in [1.54, 1.807) is 7.05 Å². The molecule has 0 fully saturated rings. The standard InChI is InChI=1S/C22H21ClN4O3S/c1-25-19-18(20(28)26(2)22(25)29)27(14-15-8-10-16(23)11-9-15)21(24-19)31-13-12-30-17-6-4-3-5-7-17/h3-11H,12-14H2,1-2H3. The molecule has 0 N–H and O–H groups in total. The summed E-state index contributed by atoms with van der Waals surface area (Å²) >= 11 is 7.49. The molecule has 4 aromatic rings. The van der Waals surface area contributed by atoms with Crippen LogP contribution in [0.2, 0.25) is 5.02 Å². The van der Waals surface area contributed by atoms with Crippen LogP contribution in [0.5, 0.6) is 5.75 Å². The molecule has 2 aromatic heterocycles. The third-order valence-electron chi connectivity index (χ3n) is 4.89. The average molecular weight is 457 g/mol. The topological polar surface area (TPSA) is 71.1 Å². The van der Waals surface area contributed by atoms with Gasteiger partial charge in [0.15, 0.2) is 16.3 Å². The number of hydrogen-bond donors (Lipinski definition) is 0. The molecule has 2 heterocycles. The smallest absolute Gasteiger partial charge is 0.332 e. The number of nitrogens with zero attached hydrogens (tertiary/aromatic N) is 4. The first-order valence-corrected chi connectivity index (χ1v) is 11.0. The van der Waals surface area contributed by atoms with E-state index in [9.17, 15) is 9.59 Å². The van der Waals surface area contributed by atoms with E-state index >= 15 is 0 Å². The van der Waals surface area contributed by atoms with Crippen LogP contribution in [0.3, 0.4) is 0 Å². The molecular formula is C22H21ClN4O3S. The van der Waals surface area contributed by atoms with Gasteiger partial charge in [0.25, 0.3) is 5.56 Å². The van der Waals surface area contributed by atoms with Gasteiger partial charge in [0, 0.05) is 24.9 Å². The number of thioether (sulfide) groups is 1. The fourth-order valence-corrected chi connectivity index (χ4v) is 4.20. The molecule has 9 heteroatoms. The maximum absolute atomic E-state index is 12.9. The lowest BCUT2D eigenvalue weighted by atomic mass is 10.2. The van der Waals surface area contributed by atoms with Gasteiger partial charge in [-0.15, -0.1) is 0 Å². The summed E-state index contributed by atoms with van der Waals surface area (Å²) in [4.78, 5) is 29.9. The van der Waals surface area contributed by atoms with E-state index in [0.29, 0.717) is 40.2 Å². The summed E-state index contributed by atoms with van der Waals surface area (Å²) in [5.41, 5.74) is 0.964. The Labute approximate surface area is 187 Å². The van der Waals surface area contributed by atoms with Crippen LogP contribution in [-0.4, -0.2) is 31.0 Å². The number of hydrogen-bond acceptors (Lipinski definition) is 5. The number of halogens is 1. The number of ether oxygens (including phenoxy) is 1. The van der Waals surface area contributed by atoms with Crippen LogP contribution < -0.4 is 16.0 Å². The molecule has 31 heavy (non-hydrogen) atoms. The molecule has 0 spiro atoms. The summed E-state index contributed by atoms with van der Waals surface area (Å²) in [6, 6.07) is 17.0. The van der Waals surface area contributed by atoms with Gasteiger partial charge in [-0.3, -0.25) is 13.9 Å². The van der Waals surface area contributed by atoms with Gasteiger partial charge < -0.3 is 9.30 Å². The largest absolute Gasteiger partial charge is 0.493 e. The predicted octanol–water partition coefficient (Wildman–Crippen LogP) is 3.31. The highest BCUT2D eigenvalue weighted by atomic mass is 35.5. The highest BCUT2D eigenvalue weighted by molar-refractivity contribution is 7.99. The number of aryl methyl sites for hydroxylation is 1. The number of fused-ring (bicyclic) bond motifs is 1. The molecule has 0 bridgehead atoms. The number of aromatic nitrogens is 4. The van der Waals surface area contributed by atoms with Crippen LogP contribution >= 0.6 is 23.4 Å². The second kappa shape index (κ2) is 9.03. The van der Waals surface area contributed by atoms with Crippen molar-refractivity contribution >= 4 is 34.5 Å². The Hall–Kier alpha value is -2.97. The molecule has 0 aliphatic rings. The maximum Gasteiger partial charge on any atom is 0.332 e. The lowest BCUT2D eigenvalue weighted by Gasteiger charge is -2.10. The first-order valence-electron chi connectivity index (χ1n) is 9.67. The molecule has 2 aromatic carbocycles. The summed E-state index contributed by atoms with van der Waals surface area (Å²) in [5.74, 6) is 1.43. The van der Waals surface area contributed by atoms with E-state index in [1.165, 1.54) is 23.4 Å². The number of rotatable bonds is 7. The molecule has 0 saturated heterocycles. The van der Waals surface area contributed by atoms with Crippen molar-refractivity contribution in [3.8, 4) is 5.75 Å². The SMILES string of the molecule is Cn1c(=O)c2c(nc(SCCOc3ccccc3)n2Cc2ccc(Cl)cc2)n(C)c1=O. The lowest BCUT2D eigenvalue weighted by molar-refractivity contribution is 0.344. The van der Waals surface area contributed by atoms with E-state index in [0.717, 1.165) is 15.9 Å². The van der Waals surface area contributed by atoms with Crippen molar-refractivity contribution in [2.75, 3.05) is 12.4 Å². The van der Waals surface area contributed by atoms with Crippen molar-refractivity contribution in [3.05, 3.63) is 86.0 Å². The molecule has 4 rings (SSSR count). The predicted molar refractivity (Wildman–Crippen MR) is 123 cm³/mol. The molecule has 7 nitrogen and oxygen atoms in total. The van der Waals surface area contributed by atoms with Crippen molar-refractivity contribution in [2.45, 2.75) is 11.7 Å². The summed E-state index contributed by atoms with van der Waals surface area (Å²) in [6.45, 7) is 0.915. The van der Waals surface area contributed by atoms with Gasteiger partial charge >= 0.3 is 5.69 Å². The fraction of sp³-hybridized carbons (Fsp3) is 0.227. The summed E-state index contributed by atoms with van der Waals surface area (Å²) in [6.07, 6.45) is 0. The molecule has 0 unspecified atom stereocenters. The van der Waals surface area contributed by atoms with Gasteiger partial charge in [0.1, 0.15) is 5.75 Å². The Morgan fingerprint density at radius 1 is 1.00 bits per heavy atom. The molecule has 0 amide bonds. The Balaban J connectivity index is 1.68. The van der Waals surface area contributed by atoms with Gasteiger partial charge in [-0.1, -0.05) is 53.7 Å². The van der Waals surface area contributed by atoms with Crippen LogP contribution in [0.25, 0.3) is 11.2 Å². The van der Waals surface area contributed by atoms with Crippen molar-refractivity contribution < 1.29 is 4.74 Å². The van der Waals surface area contributed by atoms with Crippen molar-refractivity contribution in [2.24, 2.45) is 14.1 Å². The van der Waals surface area contributed by atoms with Gasteiger partial charge in [-0.05, 0) is 29.8 Å².